The summed E-state index contributed by atoms with van der Waals surface area (Å²) in [6, 6.07) is 21.5. The molecule has 2 aromatic carbocycles. The number of fused-ring (bicyclic) bond motifs is 1. The first kappa shape index (κ1) is 21.0. The molecule has 0 amide bonds. The van der Waals surface area contributed by atoms with Crippen molar-refractivity contribution in [2.24, 2.45) is 0 Å². The van der Waals surface area contributed by atoms with Gasteiger partial charge in [0.2, 0.25) is 0 Å². The van der Waals surface area contributed by atoms with E-state index in [1.807, 2.05) is 18.5 Å². The minimum absolute atomic E-state index is 0. The summed E-state index contributed by atoms with van der Waals surface area (Å²) in [5, 5.41) is 3.64. The summed E-state index contributed by atoms with van der Waals surface area (Å²) < 4.78 is 0. The van der Waals surface area contributed by atoms with Crippen molar-refractivity contribution in [2.45, 2.75) is 24.8 Å². The highest BCUT2D eigenvalue weighted by Crippen LogP contribution is 2.34. The van der Waals surface area contributed by atoms with Crippen LogP contribution in [-0.2, 0) is 0 Å². The Bertz CT molecular complexity index is 1050. The fourth-order valence-corrected chi connectivity index (χ4v) is 4.05. The highest BCUT2D eigenvalue weighted by molar-refractivity contribution is 5.91. The molecule has 1 saturated heterocycles. The molecule has 1 fully saturated rings. The first-order valence-electron chi connectivity index (χ1n) is 9.56. The average Bonchev–Trinajstić information content (AvgIpc) is 3.18. The lowest BCUT2D eigenvalue weighted by atomic mass is 9.88. The number of rotatable bonds is 3. The Morgan fingerprint density at radius 2 is 1.66 bits per heavy atom. The lowest BCUT2D eigenvalue weighted by molar-refractivity contribution is 0.360. The molecule has 150 valence electrons. The van der Waals surface area contributed by atoms with Crippen molar-refractivity contribution in [2.75, 3.05) is 6.54 Å². The molecule has 3 heterocycles. The molecule has 4 aromatic rings. The number of aromatic nitrogens is 3. The third-order valence-electron chi connectivity index (χ3n) is 5.49. The van der Waals surface area contributed by atoms with E-state index in [9.17, 15) is 0 Å². The van der Waals surface area contributed by atoms with Crippen LogP contribution in [0.15, 0.2) is 73.1 Å². The molecule has 0 spiro atoms. The van der Waals surface area contributed by atoms with Crippen molar-refractivity contribution in [3.8, 4) is 11.1 Å². The standard InChI is InChI=1S/C23H22N4.ClH.H2O/c1-3-7-16(8-4-1)19-14-25-21-15-26-23(27-22(19)21)18-11-12-24-20(13-18)17-9-5-2-6-10-17;;/h1-10,14-15,18,20,24-25H,11-13H2;1H;1H2. The summed E-state index contributed by atoms with van der Waals surface area (Å²) in [6.07, 6.45) is 6.07. The molecule has 2 atom stereocenters. The highest BCUT2D eigenvalue weighted by Gasteiger charge is 2.26. The Kier molecular flexibility index (Phi) is 6.64. The van der Waals surface area contributed by atoms with Crippen molar-refractivity contribution in [1.29, 1.82) is 0 Å². The van der Waals surface area contributed by atoms with Crippen LogP contribution >= 0.6 is 12.4 Å². The number of nitrogens with zero attached hydrogens (tertiary/aromatic N) is 2. The van der Waals surface area contributed by atoms with Gasteiger partial charge in [0.1, 0.15) is 5.82 Å². The smallest absolute Gasteiger partial charge is 0.132 e. The summed E-state index contributed by atoms with van der Waals surface area (Å²) in [5.74, 6) is 1.33. The van der Waals surface area contributed by atoms with Crippen LogP contribution < -0.4 is 5.32 Å². The normalized spacial score (nSPS) is 18.6. The Morgan fingerprint density at radius 3 is 2.41 bits per heavy atom. The second-order valence-corrected chi connectivity index (χ2v) is 7.20. The molecule has 0 radical (unpaired) electrons. The van der Waals surface area contributed by atoms with E-state index in [4.69, 9.17) is 9.97 Å². The van der Waals surface area contributed by atoms with Crippen molar-refractivity contribution in [3.05, 3.63) is 84.4 Å². The molecule has 2 aromatic heterocycles. The van der Waals surface area contributed by atoms with Gasteiger partial charge in [-0.15, -0.1) is 12.4 Å². The van der Waals surface area contributed by atoms with Gasteiger partial charge in [-0.05, 0) is 30.5 Å². The number of nitrogens with one attached hydrogen (secondary N) is 2. The third kappa shape index (κ3) is 4.17. The summed E-state index contributed by atoms with van der Waals surface area (Å²) in [4.78, 5) is 13.0. The van der Waals surface area contributed by atoms with Gasteiger partial charge in [0.15, 0.2) is 0 Å². The number of aromatic amines is 1. The molecular formula is C23H25ClN4O. The van der Waals surface area contributed by atoms with Crippen LogP contribution in [0.3, 0.4) is 0 Å². The van der Waals surface area contributed by atoms with Crippen LogP contribution in [0.1, 0.15) is 36.2 Å². The zero-order valence-electron chi connectivity index (χ0n) is 16.0. The van der Waals surface area contributed by atoms with Crippen molar-refractivity contribution in [1.82, 2.24) is 20.3 Å². The number of hydrogen-bond acceptors (Lipinski definition) is 3. The fraction of sp³-hybridized carbons (Fsp3) is 0.217. The maximum atomic E-state index is 4.99. The van der Waals surface area contributed by atoms with Gasteiger partial charge in [0.05, 0.1) is 17.2 Å². The largest absolute Gasteiger partial charge is 0.412 e. The van der Waals surface area contributed by atoms with Gasteiger partial charge in [-0.3, -0.25) is 0 Å². The van der Waals surface area contributed by atoms with Gasteiger partial charge in [0.25, 0.3) is 0 Å². The predicted molar refractivity (Wildman–Crippen MR) is 119 cm³/mol. The molecule has 1 aliphatic rings. The Balaban J connectivity index is 0.00000120. The van der Waals surface area contributed by atoms with Crippen molar-refractivity contribution in [3.63, 3.8) is 0 Å². The predicted octanol–water partition coefficient (Wildman–Crippen LogP) is 4.43. The topological polar surface area (TPSA) is 85.1 Å². The summed E-state index contributed by atoms with van der Waals surface area (Å²) in [6.45, 7) is 0.990. The molecule has 0 saturated carbocycles. The molecule has 5 nitrogen and oxygen atoms in total. The van der Waals surface area contributed by atoms with Crippen molar-refractivity contribution < 1.29 is 5.48 Å². The van der Waals surface area contributed by atoms with E-state index in [0.717, 1.165) is 41.8 Å². The molecule has 6 heteroatoms. The van der Waals surface area contributed by atoms with E-state index in [1.54, 1.807) is 0 Å². The van der Waals surface area contributed by atoms with E-state index in [0.29, 0.717) is 12.0 Å². The molecular weight excluding hydrogens is 384 g/mol. The molecule has 0 aliphatic carbocycles. The zero-order valence-corrected chi connectivity index (χ0v) is 16.8. The first-order valence-corrected chi connectivity index (χ1v) is 9.56. The van der Waals surface area contributed by atoms with Gasteiger partial charge in [0, 0.05) is 23.7 Å². The van der Waals surface area contributed by atoms with Gasteiger partial charge in [-0.25, -0.2) is 9.97 Å². The van der Waals surface area contributed by atoms with Crippen LogP contribution in [-0.4, -0.2) is 27.0 Å². The van der Waals surface area contributed by atoms with E-state index in [-0.39, 0.29) is 17.9 Å². The van der Waals surface area contributed by atoms with E-state index < -0.39 is 0 Å². The summed E-state index contributed by atoms with van der Waals surface area (Å²) >= 11 is 0. The molecule has 2 unspecified atom stereocenters. The third-order valence-corrected chi connectivity index (χ3v) is 5.49. The summed E-state index contributed by atoms with van der Waals surface area (Å²) in [7, 11) is 0. The molecule has 5 rings (SSSR count). The average molecular weight is 409 g/mol. The Morgan fingerprint density at radius 1 is 0.931 bits per heavy atom. The minimum Gasteiger partial charge on any atom is -0.412 e. The number of hydrogen-bond donors (Lipinski definition) is 2. The lowest BCUT2D eigenvalue weighted by Crippen LogP contribution is -2.31. The lowest BCUT2D eigenvalue weighted by Gasteiger charge is -2.29. The van der Waals surface area contributed by atoms with Gasteiger partial charge in [-0.2, -0.15) is 0 Å². The minimum atomic E-state index is 0. The van der Waals surface area contributed by atoms with Gasteiger partial charge in [-0.1, -0.05) is 60.7 Å². The maximum Gasteiger partial charge on any atom is 0.132 e. The van der Waals surface area contributed by atoms with Gasteiger partial charge >= 0.3 is 0 Å². The molecule has 29 heavy (non-hydrogen) atoms. The van der Waals surface area contributed by atoms with Crippen LogP contribution in [0.4, 0.5) is 0 Å². The van der Waals surface area contributed by atoms with E-state index >= 15 is 0 Å². The quantitative estimate of drug-likeness (QED) is 0.525. The highest BCUT2D eigenvalue weighted by atomic mass is 35.5. The maximum absolute atomic E-state index is 4.99. The number of piperidine rings is 1. The Labute approximate surface area is 176 Å². The van der Waals surface area contributed by atoms with Crippen LogP contribution in [0.2, 0.25) is 0 Å². The molecule has 1 aliphatic heterocycles. The van der Waals surface area contributed by atoms with Crippen LogP contribution in [0.5, 0.6) is 0 Å². The SMILES string of the molecule is Cl.O.c1ccc(-c2c[nH]c3cnc(C4CCNC(c5ccccc5)C4)nc23)cc1. The number of halogens is 1. The number of H-pyrrole nitrogens is 1. The monoisotopic (exact) mass is 408 g/mol. The summed E-state index contributed by atoms with van der Waals surface area (Å²) in [5.41, 5.74) is 5.67. The molecule has 0 bridgehead atoms. The van der Waals surface area contributed by atoms with E-state index in [2.05, 4.69) is 64.9 Å². The second-order valence-electron chi connectivity index (χ2n) is 7.20. The first-order chi connectivity index (χ1) is 13.4. The second kappa shape index (κ2) is 9.18. The Hall–Kier alpha value is -2.73. The van der Waals surface area contributed by atoms with Crippen LogP contribution in [0, 0.1) is 0 Å². The molecule has 4 N–H and O–H groups in total. The zero-order chi connectivity index (χ0) is 18.1. The van der Waals surface area contributed by atoms with E-state index in [1.165, 1.54) is 11.1 Å². The number of benzene rings is 2. The fourth-order valence-electron chi connectivity index (χ4n) is 4.05. The van der Waals surface area contributed by atoms with Gasteiger partial charge < -0.3 is 15.8 Å². The van der Waals surface area contributed by atoms with Crippen molar-refractivity contribution >= 4 is 23.4 Å². The van der Waals surface area contributed by atoms with Crippen LogP contribution in [0.25, 0.3) is 22.2 Å².